The van der Waals surface area contributed by atoms with Gasteiger partial charge in [-0.2, -0.15) is 13.2 Å². The fourth-order valence-corrected chi connectivity index (χ4v) is 3.01. The molecule has 1 aliphatic rings. The molecule has 9 nitrogen and oxygen atoms in total. The molecular weight excluding hydrogens is 447 g/mol. The predicted molar refractivity (Wildman–Crippen MR) is 83.3 cm³/mol. The highest BCUT2D eigenvalue weighted by Crippen LogP contribution is 2.30. The predicted octanol–water partition coefficient (Wildman–Crippen LogP) is 0.580. The Kier molecular flexibility index (Phi) is 8.02. The second-order valence-electron chi connectivity index (χ2n) is 5.47. The van der Waals surface area contributed by atoms with Gasteiger partial charge in [0.25, 0.3) is 0 Å². The van der Waals surface area contributed by atoms with Crippen LogP contribution < -0.4 is 5.32 Å². The van der Waals surface area contributed by atoms with Gasteiger partial charge in [-0.3, -0.25) is 19.2 Å². The molecule has 1 aliphatic heterocycles. The van der Waals surface area contributed by atoms with Crippen LogP contribution in [0.15, 0.2) is 0 Å². The topological polar surface area (TPSA) is 117 Å². The summed E-state index contributed by atoms with van der Waals surface area (Å²) in [5, 5.41) is 0.461. The first-order valence-corrected chi connectivity index (χ1v) is 8.39. The molecule has 1 N–H and O–H groups in total. The number of amides is 1. The molecule has 1 fully saturated rings. The summed E-state index contributed by atoms with van der Waals surface area (Å²) in [4.78, 5) is 45.1. The van der Waals surface area contributed by atoms with Crippen LogP contribution in [0.5, 0.6) is 0 Å². The third-order valence-electron chi connectivity index (χ3n) is 3.25. The third-order valence-corrected chi connectivity index (χ3v) is 3.98. The minimum absolute atomic E-state index is 0.486. The Morgan fingerprint density at radius 2 is 1.52 bits per heavy atom. The van der Waals surface area contributed by atoms with Crippen molar-refractivity contribution < 1.29 is 51.3 Å². The number of carbonyl (C=O) groups excluding carboxylic acids is 4. The smallest absolute Gasteiger partial charge is 0.463 e. The summed E-state index contributed by atoms with van der Waals surface area (Å²) in [6.07, 6.45) is -9.49. The van der Waals surface area contributed by atoms with Crippen molar-refractivity contribution in [3.05, 3.63) is 0 Å². The molecule has 0 aromatic heterocycles. The van der Waals surface area contributed by atoms with E-state index in [1.165, 1.54) is 0 Å². The summed E-state index contributed by atoms with van der Waals surface area (Å²) >= 11 is 2.99. The lowest BCUT2D eigenvalue weighted by Crippen LogP contribution is -2.66. The summed E-state index contributed by atoms with van der Waals surface area (Å²) in [5.74, 6) is -4.84. The summed E-state index contributed by atoms with van der Waals surface area (Å²) in [6, 6.07) is -1.63. The lowest BCUT2D eigenvalue weighted by atomic mass is 9.96. The van der Waals surface area contributed by atoms with E-state index in [4.69, 9.17) is 18.9 Å². The Morgan fingerprint density at radius 1 is 1.00 bits per heavy atom. The van der Waals surface area contributed by atoms with Crippen molar-refractivity contribution in [3.63, 3.8) is 0 Å². The van der Waals surface area contributed by atoms with Crippen LogP contribution in [0.25, 0.3) is 0 Å². The van der Waals surface area contributed by atoms with Crippen LogP contribution in [-0.2, 0) is 38.1 Å². The lowest BCUT2D eigenvalue weighted by Gasteiger charge is -2.43. The molecule has 0 spiro atoms. The number of nitrogens with one attached hydrogen (secondary N) is 1. The molecule has 0 aromatic carbocycles. The van der Waals surface area contributed by atoms with Gasteiger partial charge in [0, 0.05) is 20.8 Å². The molecule has 13 heteroatoms. The van der Waals surface area contributed by atoms with E-state index in [-0.39, 0.29) is 0 Å². The average Bonchev–Trinajstić information content (AvgIpc) is 2.49. The largest absolute Gasteiger partial charge is 0.471 e. The number of halogens is 4. The molecule has 0 bridgehead atoms. The number of carbonyl (C=O) groups is 4. The zero-order valence-electron chi connectivity index (χ0n) is 14.4. The van der Waals surface area contributed by atoms with Gasteiger partial charge in [0.2, 0.25) is 0 Å². The zero-order chi connectivity index (χ0) is 20.9. The van der Waals surface area contributed by atoms with Crippen molar-refractivity contribution in [3.8, 4) is 0 Å². The van der Waals surface area contributed by atoms with Crippen LogP contribution in [0.3, 0.4) is 0 Å². The number of hydrogen-bond acceptors (Lipinski definition) is 8. The maximum atomic E-state index is 12.7. The maximum absolute atomic E-state index is 12.7. The minimum Gasteiger partial charge on any atom is -0.463 e. The summed E-state index contributed by atoms with van der Waals surface area (Å²) in [6.45, 7) is 2.57. The van der Waals surface area contributed by atoms with Gasteiger partial charge in [0.15, 0.2) is 17.2 Å². The minimum atomic E-state index is -5.24. The number of alkyl halides is 4. The van der Waals surface area contributed by atoms with Crippen LogP contribution >= 0.6 is 15.9 Å². The Hall–Kier alpha value is -1.89. The van der Waals surface area contributed by atoms with Crippen LogP contribution in [-0.4, -0.2) is 66.0 Å². The number of rotatable bonds is 5. The van der Waals surface area contributed by atoms with Gasteiger partial charge in [0.05, 0.1) is 0 Å². The van der Waals surface area contributed by atoms with Crippen LogP contribution in [0, 0.1) is 0 Å². The second kappa shape index (κ2) is 9.35. The first kappa shape index (κ1) is 23.1. The first-order chi connectivity index (χ1) is 12.3. The van der Waals surface area contributed by atoms with Crippen LogP contribution in [0.2, 0.25) is 0 Å². The molecule has 154 valence electrons. The average molecular weight is 464 g/mol. The molecule has 27 heavy (non-hydrogen) atoms. The Labute approximate surface area is 159 Å². The summed E-state index contributed by atoms with van der Waals surface area (Å²) in [5.41, 5.74) is 0. The summed E-state index contributed by atoms with van der Waals surface area (Å²) in [7, 11) is 0. The van der Waals surface area contributed by atoms with Gasteiger partial charge < -0.3 is 24.3 Å². The molecule has 5 atom stereocenters. The van der Waals surface area contributed by atoms with E-state index in [2.05, 4.69) is 15.9 Å². The van der Waals surface area contributed by atoms with E-state index >= 15 is 0 Å². The van der Waals surface area contributed by atoms with E-state index in [0.717, 1.165) is 20.8 Å². The van der Waals surface area contributed by atoms with Crippen molar-refractivity contribution in [1.82, 2.24) is 5.32 Å². The van der Waals surface area contributed by atoms with Gasteiger partial charge in [-0.25, -0.2) is 0 Å². The molecule has 1 saturated heterocycles. The molecule has 0 radical (unpaired) electrons. The first-order valence-electron chi connectivity index (χ1n) is 7.48. The third kappa shape index (κ3) is 6.97. The van der Waals surface area contributed by atoms with Gasteiger partial charge in [-0.15, -0.1) is 0 Å². The second-order valence-corrected chi connectivity index (χ2v) is 6.38. The van der Waals surface area contributed by atoms with E-state index < -0.39 is 66.0 Å². The Balaban J connectivity index is 3.23. The van der Waals surface area contributed by atoms with Gasteiger partial charge in [-0.05, 0) is 0 Å². The van der Waals surface area contributed by atoms with Crippen molar-refractivity contribution in [1.29, 1.82) is 0 Å². The molecule has 0 saturated carbocycles. The Morgan fingerprint density at radius 3 is 1.96 bits per heavy atom. The fourth-order valence-electron chi connectivity index (χ4n) is 2.29. The zero-order valence-corrected chi connectivity index (χ0v) is 16.0. The lowest BCUT2D eigenvalue weighted by molar-refractivity contribution is -0.208. The number of hydrogen-bond donors (Lipinski definition) is 1. The quantitative estimate of drug-likeness (QED) is 0.357. The van der Waals surface area contributed by atoms with Crippen molar-refractivity contribution in [2.45, 2.75) is 56.3 Å². The van der Waals surface area contributed by atoms with Crippen molar-refractivity contribution in [2.75, 3.05) is 6.61 Å². The summed E-state index contributed by atoms with van der Waals surface area (Å²) < 4.78 is 58.1. The van der Waals surface area contributed by atoms with E-state index in [1.807, 2.05) is 0 Å². The molecular formula is C14H17BrF3NO8. The molecule has 1 heterocycles. The monoisotopic (exact) mass is 463 g/mol. The van der Waals surface area contributed by atoms with Crippen LogP contribution in [0.4, 0.5) is 13.2 Å². The molecule has 0 unspecified atom stereocenters. The number of ether oxygens (including phenoxy) is 4. The van der Waals surface area contributed by atoms with E-state index in [0.29, 0.717) is 0 Å². The highest BCUT2D eigenvalue weighted by atomic mass is 79.9. The SMILES string of the molecule is CC(=O)OC[C@H]1O[C@H](Br)[C@H](OC(C)=O)[C@H](NC(=O)C(F)(F)F)[C@@H]1OC(C)=O. The van der Waals surface area contributed by atoms with Crippen molar-refractivity contribution in [2.24, 2.45) is 0 Å². The maximum Gasteiger partial charge on any atom is 0.471 e. The van der Waals surface area contributed by atoms with Gasteiger partial charge in [0.1, 0.15) is 18.8 Å². The van der Waals surface area contributed by atoms with E-state index in [1.54, 1.807) is 5.32 Å². The van der Waals surface area contributed by atoms with E-state index in [9.17, 15) is 32.3 Å². The van der Waals surface area contributed by atoms with Crippen molar-refractivity contribution >= 4 is 39.7 Å². The molecule has 1 amide bonds. The van der Waals surface area contributed by atoms with Gasteiger partial charge >= 0.3 is 30.0 Å². The highest BCUT2D eigenvalue weighted by molar-refractivity contribution is 9.09. The molecule has 0 aromatic rings. The fraction of sp³-hybridized carbons (Fsp3) is 0.714. The highest BCUT2D eigenvalue weighted by Gasteiger charge is 2.52. The van der Waals surface area contributed by atoms with Crippen LogP contribution in [0.1, 0.15) is 20.8 Å². The standard InChI is InChI=1S/C14H17BrF3NO8/c1-5(20)24-4-8-10(25-6(2)21)9(19-13(23)14(16,17)18)11(12(15)27-8)26-7(3)22/h8-12H,4H2,1-3H3,(H,19,23)/t8-,9-,10-,11-,12+/m1/s1. The normalized spacial score (nSPS) is 28.0. The Bertz CT molecular complexity index is 599. The molecule has 1 rings (SSSR count). The number of esters is 3. The molecule has 0 aliphatic carbocycles. The van der Waals surface area contributed by atoms with Gasteiger partial charge in [-0.1, -0.05) is 15.9 Å².